The number of carbonyl (C=O) groups is 4. The number of unbranched alkanes of at least 4 members (excludes halogenated alkanes) is 36. The Bertz CT molecular complexity index is 1840. The number of phosphoric ester groups is 2. The fourth-order valence-electron chi connectivity index (χ4n) is 11.2. The summed E-state index contributed by atoms with van der Waals surface area (Å²) in [5.74, 6) is 0.864. The molecule has 0 saturated heterocycles. The van der Waals surface area contributed by atoms with Gasteiger partial charge in [0, 0.05) is 25.7 Å². The summed E-state index contributed by atoms with van der Waals surface area (Å²) in [6.07, 6.45) is 47.5. The van der Waals surface area contributed by atoms with Gasteiger partial charge in [-0.3, -0.25) is 37.3 Å². The van der Waals surface area contributed by atoms with Gasteiger partial charge in [0.1, 0.15) is 19.3 Å². The lowest BCUT2D eigenvalue weighted by Gasteiger charge is -2.21. The molecular weight excluding hydrogens is 1220 g/mol. The van der Waals surface area contributed by atoms with E-state index in [0.29, 0.717) is 37.5 Å². The maximum atomic E-state index is 13.0. The summed E-state index contributed by atoms with van der Waals surface area (Å²) in [7, 11) is -9.91. The van der Waals surface area contributed by atoms with Crippen LogP contribution in [0.2, 0.25) is 0 Å². The van der Waals surface area contributed by atoms with Crippen LogP contribution in [-0.4, -0.2) is 96.7 Å². The molecule has 0 aliphatic rings. The van der Waals surface area contributed by atoms with E-state index in [1.54, 1.807) is 0 Å². The van der Waals surface area contributed by atoms with Crippen molar-refractivity contribution in [1.29, 1.82) is 0 Å². The van der Waals surface area contributed by atoms with Crippen molar-refractivity contribution in [2.45, 2.75) is 388 Å². The van der Waals surface area contributed by atoms with E-state index in [1.165, 1.54) is 167 Å². The standard InChI is InChI=1S/C74H144O17P2/c1-9-67(8)53-45-37-29-22-23-31-40-48-56-73(78)90-69(61-85-72(77)55-47-39-32-24-27-35-43-51-65(4)5)62-88-92(80,81)86-58-68(75)59-87-93(82,83)89-63-70(91-74(79)57-49-41-33-25-28-36-44-52-66(6)7)60-84-71(76)54-46-38-30-21-19-17-15-13-11-10-12-14-16-18-20-26-34-42-50-64(2)3/h64-70,75H,9-63H2,1-8H3,(H,80,81)(H,82,83)/t67?,68?,69-,70-/m1/s1. The molecule has 6 atom stereocenters. The number of hydrogen-bond donors (Lipinski definition) is 3. The van der Waals surface area contributed by atoms with Crippen LogP contribution in [0.1, 0.15) is 370 Å². The monoisotopic (exact) mass is 1370 g/mol. The molecule has 0 bridgehead atoms. The Hall–Kier alpha value is -1.94. The minimum Gasteiger partial charge on any atom is -0.462 e. The molecule has 0 heterocycles. The second kappa shape index (κ2) is 63.5. The van der Waals surface area contributed by atoms with Gasteiger partial charge in [0.25, 0.3) is 0 Å². The summed E-state index contributed by atoms with van der Waals surface area (Å²) in [6.45, 7) is 14.1. The molecule has 0 aromatic rings. The SMILES string of the molecule is CCC(C)CCCCCCCCCCC(=O)O[C@H](COC(=O)CCCCCCCCCC(C)C)COP(=O)(O)OCC(O)COP(=O)(O)OC[C@@H](COC(=O)CCCCCCCCCCCCCCCCCCCCC(C)C)OC(=O)CCCCCCCCCC(C)C. The van der Waals surface area contributed by atoms with Crippen molar-refractivity contribution >= 4 is 39.5 Å². The molecule has 0 spiro atoms. The Labute approximate surface area is 568 Å². The minimum atomic E-state index is -4.95. The molecule has 0 saturated carbocycles. The fourth-order valence-corrected chi connectivity index (χ4v) is 12.7. The van der Waals surface area contributed by atoms with E-state index in [2.05, 4.69) is 55.4 Å². The van der Waals surface area contributed by atoms with Crippen LogP contribution in [0, 0.1) is 23.7 Å². The van der Waals surface area contributed by atoms with Crippen LogP contribution in [0.3, 0.4) is 0 Å². The third-order valence-electron chi connectivity index (χ3n) is 17.4. The average molecular weight is 1370 g/mol. The van der Waals surface area contributed by atoms with Gasteiger partial charge in [0.2, 0.25) is 0 Å². The molecule has 552 valence electrons. The van der Waals surface area contributed by atoms with E-state index in [4.69, 9.17) is 37.0 Å². The maximum Gasteiger partial charge on any atom is 0.472 e. The minimum absolute atomic E-state index is 0.103. The smallest absolute Gasteiger partial charge is 0.462 e. The molecule has 0 fully saturated rings. The van der Waals surface area contributed by atoms with Gasteiger partial charge in [-0.2, -0.15) is 0 Å². The summed E-state index contributed by atoms with van der Waals surface area (Å²) < 4.78 is 68.3. The van der Waals surface area contributed by atoms with Crippen LogP contribution in [-0.2, 0) is 65.4 Å². The second-order valence-electron chi connectivity index (χ2n) is 28.4. The lowest BCUT2D eigenvalue weighted by molar-refractivity contribution is -0.161. The quantitative estimate of drug-likeness (QED) is 0.0222. The van der Waals surface area contributed by atoms with Crippen molar-refractivity contribution in [1.82, 2.24) is 0 Å². The number of ether oxygens (including phenoxy) is 4. The van der Waals surface area contributed by atoms with Crippen LogP contribution < -0.4 is 0 Å². The van der Waals surface area contributed by atoms with Crippen LogP contribution in [0.25, 0.3) is 0 Å². The summed E-state index contributed by atoms with van der Waals surface area (Å²) >= 11 is 0. The van der Waals surface area contributed by atoms with E-state index in [0.717, 1.165) is 108 Å². The van der Waals surface area contributed by atoms with Crippen molar-refractivity contribution < 1.29 is 80.2 Å². The van der Waals surface area contributed by atoms with E-state index >= 15 is 0 Å². The van der Waals surface area contributed by atoms with Crippen molar-refractivity contribution in [3.05, 3.63) is 0 Å². The van der Waals surface area contributed by atoms with Gasteiger partial charge >= 0.3 is 39.5 Å². The number of carbonyl (C=O) groups excluding carboxylic acids is 4. The van der Waals surface area contributed by atoms with Crippen molar-refractivity contribution in [3.8, 4) is 0 Å². The number of phosphoric acid groups is 2. The largest absolute Gasteiger partial charge is 0.472 e. The molecule has 19 heteroatoms. The predicted octanol–water partition coefficient (Wildman–Crippen LogP) is 21.3. The third kappa shape index (κ3) is 67.0. The highest BCUT2D eigenvalue weighted by molar-refractivity contribution is 7.47. The Morgan fingerprint density at radius 2 is 0.516 bits per heavy atom. The Kier molecular flexibility index (Phi) is 62.2. The maximum absolute atomic E-state index is 13.0. The Morgan fingerprint density at radius 1 is 0.301 bits per heavy atom. The molecule has 3 N–H and O–H groups in total. The van der Waals surface area contributed by atoms with Gasteiger partial charge in [0.15, 0.2) is 12.2 Å². The van der Waals surface area contributed by atoms with Crippen LogP contribution in [0.4, 0.5) is 0 Å². The zero-order chi connectivity index (χ0) is 68.9. The topological polar surface area (TPSA) is 237 Å². The van der Waals surface area contributed by atoms with Gasteiger partial charge in [0.05, 0.1) is 26.4 Å². The van der Waals surface area contributed by atoms with Gasteiger partial charge in [-0.05, 0) is 49.4 Å². The summed E-state index contributed by atoms with van der Waals surface area (Å²) in [6, 6.07) is 0. The lowest BCUT2D eigenvalue weighted by Crippen LogP contribution is -2.30. The number of rotatable bonds is 71. The van der Waals surface area contributed by atoms with Crippen LogP contribution in [0.5, 0.6) is 0 Å². The molecule has 0 aliphatic carbocycles. The first-order valence-corrected chi connectivity index (χ1v) is 41.2. The van der Waals surface area contributed by atoms with Gasteiger partial charge in [-0.15, -0.1) is 0 Å². The second-order valence-corrected chi connectivity index (χ2v) is 31.3. The average Bonchev–Trinajstić information content (AvgIpc) is 2.11. The van der Waals surface area contributed by atoms with Gasteiger partial charge in [-0.25, -0.2) is 9.13 Å². The number of esters is 4. The zero-order valence-electron chi connectivity index (χ0n) is 60.9. The first kappa shape index (κ1) is 91.1. The molecule has 17 nitrogen and oxygen atoms in total. The number of aliphatic hydroxyl groups excluding tert-OH is 1. The molecule has 93 heavy (non-hydrogen) atoms. The Morgan fingerprint density at radius 3 is 0.763 bits per heavy atom. The predicted molar refractivity (Wildman–Crippen MR) is 377 cm³/mol. The molecule has 0 rings (SSSR count). The van der Waals surface area contributed by atoms with Gasteiger partial charge < -0.3 is 33.8 Å². The van der Waals surface area contributed by atoms with E-state index in [1.807, 2.05) is 0 Å². The van der Waals surface area contributed by atoms with E-state index in [-0.39, 0.29) is 25.7 Å². The molecule has 0 radical (unpaired) electrons. The summed E-state index contributed by atoms with van der Waals surface area (Å²) in [5, 5.41) is 10.6. The first-order chi connectivity index (χ1) is 44.6. The van der Waals surface area contributed by atoms with E-state index < -0.39 is 97.5 Å². The molecule has 0 aromatic carbocycles. The highest BCUT2D eigenvalue weighted by atomic mass is 31.2. The zero-order valence-corrected chi connectivity index (χ0v) is 62.7. The molecule has 0 amide bonds. The molecule has 4 unspecified atom stereocenters. The third-order valence-corrected chi connectivity index (χ3v) is 19.3. The van der Waals surface area contributed by atoms with Crippen molar-refractivity contribution in [3.63, 3.8) is 0 Å². The normalized spacial score (nSPS) is 14.5. The molecule has 0 aromatic heterocycles. The highest BCUT2D eigenvalue weighted by Gasteiger charge is 2.30. The number of hydrogen-bond acceptors (Lipinski definition) is 15. The summed E-state index contributed by atoms with van der Waals surface area (Å²) in [5.41, 5.74) is 0. The summed E-state index contributed by atoms with van der Waals surface area (Å²) in [4.78, 5) is 72.6. The van der Waals surface area contributed by atoms with Crippen LogP contribution >= 0.6 is 15.6 Å². The number of aliphatic hydroxyl groups is 1. The highest BCUT2D eigenvalue weighted by Crippen LogP contribution is 2.45. The lowest BCUT2D eigenvalue weighted by atomic mass is 9.99. The van der Waals surface area contributed by atoms with Gasteiger partial charge in [-0.1, -0.05) is 319 Å². The molecular formula is C74H144O17P2. The molecule has 0 aliphatic heterocycles. The fraction of sp³-hybridized carbons (Fsp3) is 0.946. The first-order valence-electron chi connectivity index (χ1n) is 38.2. The van der Waals surface area contributed by atoms with Crippen molar-refractivity contribution in [2.75, 3.05) is 39.6 Å². The Balaban J connectivity index is 5.14. The van der Waals surface area contributed by atoms with Crippen LogP contribution in [0.15, 0.2) is 0 Å². The van der Waals surface area contributed by atoms with E-state index in [9.17, 15) is 43.2 Å². The van der Waals surface area contributed by atoms with Crippen molar-refractivity contribution in [2.24, 2.45) is 23.7 Å².